The van der Waals surface area contributed by atoms with E-state index < -0.39 is 45.5 Å². The molecule has 0 aromatic carbocycles. The lowest BCUT2D eigenvalue weighted by Gasteiger charge is -2.42. The topological polar surface area (TPSA) is 152 Å². The van der Waals surface area contributed by atoms with Crippen LogP contribution < -0.4 is 10.6 Å². The van der Waals surface area contributed by atoms with Crippen molar-refractivity contribution in [2.45, 2.75) is 103 Å². The van der Waals surface area contributed by atoms with Gasteiger partial charge in [0.2, 0.25) is 0 Å². The first kappa shape index (κ1) is 49.7. The summed E-state index contributed by atoms with van der Waals surface area (Å²) < 4.78 is 74.7. The highest BCUT2D eigenvalue weighted by Crippen LogP contribution is 2.40. The summed E-state index contributed by atoms with van der Waals surface area (Å²) in [6, 6.07) is -0.363. The Morgan fingerprint density at radius 1 is 0.420 bits per heavy atom. The van der Waals surface area contributed by atoms with Gasteiger partial charge < -0.3 is 63.7 Å². The van der Waals surface area contributed by atoms with Crippen LogP contribution in [0.2, 0.25) is 10.3 Å². The molecule has 0 aliphatic rings. The van der Waals surface area contributed by atoms with Crippen LogP contribution in [0.5, 0.6) is 0 Å². The molecule has 0 aromatic heterocycles. The van der Waals surface area contributed by atoms with Crippen molar-refractivity contribution in [3.63, 3.8) is 0 Å². The monoisotopic (exact) mass is 792 g/mol. The first-order valence-electron chi connectivity index (χ1n) is 18.3. The van der Waals surface area contributed by atoms with Gasteiger partial charge >= 0.3 is 41.2 Å². The Morgan fingerprint density at radius 2 is 0.640 bits per heavy atom. The zero-order chi connectivity index (χ0) is 37.9. The highest BCUT2D eigenvalue weighted by molar-refractivity contribution is 6.83. The van der Waals surface area contributed by atoms with Crippen molar-refractivity contribution in [1.29, 1.82) is 0 Å². The van der Waals surface area contributed by atoms with E-state index >= 15 is 0 Å². The lowest BCUT2D eigenvalue weighted by molar-refractivity contribution is 0.0376. The molecule has 0 spiro atoms. The SMILES string of the molecule is CCCO[Si](OCCC)(OCCC)C(CCNC(=O)NCCC([Si](OC)(OC)OC)[Si](OCCC)(OCCC)OCCC)[Si](OC)(OC)OC. The second kappa shape index (κ2) is 28.1. The summed E-state index contributed by atoms with van der Waals surface area (Å²) in [4.78, 5) is 13.3. The van der Waals surface area contributed by atoms with Crippen molar-refractivity contribution in [3.05, 3.63) is 0 Å². The summed E-state index contributed by atoms with van der Waals surface area (Å²) in [6.07, 6.45) is 5.40. The molecule has 50 heavy (non-hydrogen) atoms. The van der Waals surface area contributed by atoms with Crippen LogP contribution in [0, 0.1) is 0 Å². The Kier molecular flexibility index (Phi) is 28.0. The Balaban J connectivity index is 6.28. The van der Waals surface area contributed by atoms with E-state index in [4.69, 9.17) is 53.1 Å². The zero-order valence-corrected chi connectivity index (χ0v) is 37.3. The molecule has 2 N–H and O–H groups in total. The predicted octanol–water partition coefficient (Wildman–Crippen LogP) is 5.08. The van der Waals surface area contributed by atoms with E-state index in [1.807, 2.05) is 41.5 Å². The van der Waals surface area contributed by atoms with Crippen LogP contribution in [0.25, 0.3) is 0 Å². The normalized spacial score (nSPS) is 14.2. The molecule has 0 aliphatic heterocycles. The predicted molar refractivity (Wildman–Crippen MR) is 201 cm³/mol. The van der Waals surface area contributed by atoms with Crippen LogP contribution in [-0.2, 0) is 53.1 Å². The maximum atomic E-state index is 13.3. The lowest BCUT2D eigenvalue weighted by Crippen LogP contribution is -2.64. The number of urea groups is 1. The van der Waals surface area contributed by atoms with Gasteiger partial charge in [0, 0.05) is 95.4 Å². The van der Waals surface area contributed by atoms with Crippen LogP contribution in [0.3, 0.4) is 0 Å². The van der Waals surface area contributed by atoms with Crippen molar-refractivity contribution >= 4 is 41.2 Å². The summed E-state index contributed by atoms with van der Waals surface area (Å²) >= 11 is 0. The molecule has 0 aromatic rings. The van der Waals surface area contributed by atoms with Crippen LogP contribution >= 0.6 is 0 Å². The lowest BCUT2D eigenvalue weighted by atomic mass is 10.4. The molecule has 0 heterocycles. The fourth-order valence-corrected chi connectivity index (χ4v) is 22.0. The third-order valence-electron chi connectivity index (χ3n) is 7.90. The number of rotatable bonds is 34. The van der Waals surface area contributed by atoms with Crippen LogP contribution in [0.1, 0.15) is 92.9 Å². The molecule has 300 valence electrons. The standard InChI is InChI=1S/C31H72N2O13Si4/c1-13-23-41-49(42-24-14-2,43-25-15-3)29(47(35-7,36-8)37-9)19-21-32-31(34)33-22-20-30(48(38-10,39-11)40-12)50(44-26-16-4,45-27-17-5)46-28-18-6/h29-30H,13-28H2,1-12H3,(H2,32,33,34). The third kappa shape index (κ3) is 14.8. The maximum absolute atomic E-state index is 13.3. The van der Waals surface area contributed by atoms with Crippen molar-refractivity contribution in [2.24, 2.45) is 0 Å². The van der Waals surface area contributed by atoms with Crippen LogP contribution in [0.4, 0.5) is 4.79 Å². The maximum Gasteiger partial charge on any atom is 0.508 e. The third-order valence-corrected chi connectivity index (χ3v) is 23.8. The molecular weight excluding hydrogens is 721 g/mol. The largest absolute Gasteiger partial charge is 0.508 e. The molecule has 2 unspecified atom stereocenters. The smallest absolute Gasteiger partial charge is 0.377 e. The molecule has 19 heteroatoms. The van der Waals surface area contributed by atoms with Crippen LogP contribution in [0.15, 0.2) is 0 Å². The number of hydrogen-bond donors (Lipinski definition) is 2. The minimum atomic E-state index is -3.45. The molecule has 0 bridgehead atoms. The highest BCUT2D eigenvalue weighted by Gasteiger charge is 2.66. The van der Waals surface area contributed by atoms with Crippen molar-refractivity contribution < 1.29 is 57.9 Å². The quantitative estimate of drug-likeness (QED) is 0.0835. The number of carbonyl (C=O) groups excluding carboxylic acids is 1. The summed E-state index contributed by atoms with van der Waals surface area (Å²) in [5.41, 5.74) is 0. The summed E-state index contributed by atoms with van der Waals surface area (Å²) in [5.74, 6) is 0. The van der Waals surface area contributed by atoms with Gasteiger partial charge in [-0.3, -0.25) is 0 Å². The molecule has 15 nitrogen and oxygen atoms in total. The number of carbonyl (C=O) groups is 1. The van der Waals surface area contributed by atoms with E-state index in [0.717, 1.165) is 38.5 Å². The van der Waals surface area contributed by atoms with E-state index in [1.165, 1.54) is 0 Å². The fraction of sp³-hybridized carbons (Fsp3) is 0.968. The molecule has 2 amide bonds. The van der Waals surface area contributed by atoms with E-state index in [1.54, 1.807) is 42.7 Å². The van der Waals surface area contributed by atoms with Gasteiger partial charge in [0.05, 0.1) is 0 Å². The Bertz CT molecular complexity index is 724. The summed E-state index contributed by atoms with van der Waals surface area (Å²) in [5, 5.41) is 5.00. The van der Waals surface area contributed by atoms with E-state index in [9.17, 15) is 4.79 Å². The summed E-state index contributed by atoms with van der Waals surface area (Å²) in [6.45, 7) is 15.4. The number of hydrogen-bond acceptors (Lipinski definition) is 13. The van der Waals surface area contributed by atoms with E-state index in [0.29, 0.717) is 52.5 Å². The minimum Gasteiger partial charge on any atom is -0.377 e. The molecule has 0 saturated carbocycles. The van der Waals surface area contributed by atoms with Gasteiger partial charge in [-0.25, -0.2) is 4.79 Å². The molecule has 0 rings (SSSR count). The molecule has 0 radical (unpaired) electrons. The summed E-state index contributed by atoms with van der Waals surface area (Å²) in [7, 11) is -4.30. The van der Waals surface area contributed by atoms with Crippen molar-refractivity contribution in [2.75, 3.05) is 95.4 Å². The first-order chi connectivity index (χ1) is 24.1. The van der Waals surface area contributed by atoms with Crippen LogP contribution in [-0.4, -0.2) is 137 Å². The highest BCUT2D eigenvalue weighted by atomic mass is 28.5. The van der Waals surface area contributed by atoms with Gasteiger partial charge in [0.15, 0.2) is 0 Å². The van der Waals surface area contributed by atoms with E-state index in [-0.39, 0.29) is 19.1 Å². The molecule has 0 aliphatic carbocycles. The second-order valence-electron chi connectivity index (χ2n) is 11.6. The van der Waals surface area contributed by atoms with Gasteiger partial charge in [0.1, 0.15) is 10.3 Å². The molecule has 2 atom stereocenters. The average molecular weight is 793 g/mol. The molecule has 0 saturated heterocycles. The van der Waals surface area contributed by atoms with Crippen molar-refractivity contribution in [1.82, 2.24) is 10.6 Å². The minimum absolute atomic E-state index is 0.254. The molecule has 0 fully saturated rings. The Labute approximate surface area is 307 Å². The Hall–Kier alpha value is -0.342. The first-order valence-corrected chi connectivity index (χ1v) is 25.5. The van der Waals surface area contributed by atoms with Gasteiger partial charge in [-0.1, -0.05) is 41.5 Å². The van der Waals surface area contributed by atoms with Crippen molar-refractivity contribution in [3.8, 4) is 0 Å². The van der Waals surface area contributed by atoms with Gasteiger partial charge in [-0.15, -0.1) is 0 Å². The average Bonchev–Trinajstić information content (AvgIpc) is 3.15. The zero-order valence-electron chi connectivity index (χ0n) is 33.3. The number of amides is 2. The van der Waals surface area contributed by atoms with Gasteiger partial charge in [-0.05, 0) is 51.4 Å². The second-order valence-corrected chi connectivity index (χ2v) is 24.5. The van der Waals surface area contributed by atoms with E-state index in [2.05, 4.69) is 10.6 Å². The Morgan fingerprint density at radius 3 is 0.820 bits per heavy atom. The van der Waals surface area contributed by atoms with Gasteiger partial charge in [-0.2, -0.15) is 0 Å². The van der Waals surface area contributed by atoms with Gasteiger partial charge in [0.25, 0.3) is 0 Å². The molecular formula is C31H72N2O13Si4. The fourth-order valence-electron chi connectivity index (χ4n) is 5.54. The number of nitrogens with one attached hydrogen (secondary N) is 2.